The average molecular weight is 277 g/mol. The highest BCUT2D eigenvalue weighted by Crippen LogP contribution is 2.23. The third-order valence-corrected chi connectivity index (χ3v) is 3.01. The lowest BCUT2D eigenvalue weighted by Gasteiger charge is -2.17. The fourth-order valence-corrected chi connectivity index (χ4v) is 1.99. The average Bonchev–Trinajstić information content (AvgIpc) is 2.39. The van der Waals surface area contributed by atoms with Crippen LogP contribution in [-0.4, -0.2) is 16.1 Å². The summed E-state index contributed by atoms with van der Waals surface area (Å²) in [6.45, 7) is 1.93. The van der Waals surface area contributed by atoms with Crippen LogP contribution in [0.25, 0.3) is 0 Å². The zero-order valence-electron chi connectivity index (χ0n) is 10.3. The van der Waals surface area contributed by atoms with E-state index in [1.165, 1.54) is 18.5 Å². The van der Waals surface area contributed by atoms with Gasteiger partial charge in [0.1, 0.15) is 0 Å². The van der Waals surface area contributed by atoms with Crippen LogP contribution in [0.1, 0.15) is 28.9 Å². The van der Waals surface area contributed by atoms with E-state index in [4.69, 9.17) is 16.7 Å². The summed E-state index contributed by atoms with van der Waals surface area (Å²) in [6.07, 6.45) is 2.96. The van der Waals surface area contributed by atoms with Gasteiger partial charge in [-0.05, 0) is 30.7 Å². The third kappa shape index (κ3) is 3.23. The number of rotatable bonds is 4. The number of carbonyl (C=O) groups is 1. The summed E-state index contributed by atoms with van der Waals surface area (Å²) in [5, 5.41) is 12.9. The fraction of sp³-hybridized carbons (Fsp3) is 0.143. The molecule has 0 saturated carbocycles. The number of hydrogen-bond acceptors (Lipinski definition) is 3. The first-order valence-corrected chi connectivity index (χ1v) is 6.15. The smallest absolute Gasteiger partial charge is 0.337 e. The van der Waals surface area contributed by atoms with Gasteiger partial charge in [-0.15, -0.1) is 0 Å². The number of benzene rings is 1. The molecule has 5 heteroatoms. The molecular formula is C14H13ClN2O2. The zero-order valence-corrected chi connectivity index (χ0v) is 11.1. The molecule has 19 heavy (non-hydrogen) atoms. The van der Waals surface area contributed by atoms with Crippen molar-refractivity contribution in [3.8, 4) is 0 Å². The highest BCUT2D eigenvalue weighted by molar-refractivity contribution is 6.30. The van der Waals surface area contributed by atoms with Crippen molar-refractivity contribution in [2.45, 2.75) is 13.0 Å². The van der Waals surface area contributed by atoms with Gasteiger partial charge in [-0.25, -0.2) is 4.79 Å². The van der Waals surface area contributed by atoms with E-state index < -0.39 is 5.97 Å². The SMILES string of the molecule is CC(Nc1cnccc1C(=O)O)c1cccc(Cl)c1. The number of carboxylic acid groups (broad SMARTS) is 1. The van der Waals surface area contributed by atoms with E-state index >= 15 is 0 Å². The molecule has 0 saturated heterocycles. The molecule has 0 bridgehead atoms. The molecule has 0 spiro atoms. The minimum Gasteiger partial charge on any atom is -0.478 e. The molecule has 0 aliphatic rings. The van der Waals surface area contributed by atoms with Crippen LogP contribution in [0.2, 0.25) is 5.02 Å². The molecule has 0 aliphatic carbocycles. The first kappa shape index (κ1) is 13.4. The monoisotopic (exact) mass is 276 g/mol. The molecule has 2 rings (SSSR count). The molecule has 1 atom stereocenters. The first-order valence-electron chi connectivity index (χ1n) is 5.77. The van der Waals surface area contributed by atoms with E-state index in [2.05, 4.69) is 10.3 Å². The number of aromatic carboxylic acids is 1. The Kier molecular flexibility index (Phi) is 4.02. The van der Waals surface area contributed by atoms with Crippen molar-refractivity contribution in [2.24, 2.45) is 0 Å². The number of anilines is 1. The highest BCUT2D eigenvalue weighted by atomic mass is 35.5. The second kappa shape index (κ2) is 5.71. The summed E-state index contributed by atoms with van der Waals surface area (Å²) in [5.74, 6) is -0.983. The van der Waals surface area contributed by atoms with E-state index in [0.717, 1.165) is 5.56 Å². The van der Waals surface area contributed by atoms with Crippen LogP contribution in [0, 0.1) is 0 Å². The number of carboxylic acids is 1. The van der Waals surface area contributed by atoms with E-state index in [1.54, 1.807) is 6.07 Å². The zero-order chi connectivity index (χ0) is 13.8. The lowest BCUT2D eigenvalue weighted by molar-refractivity contribution is 0.0698. The quantitative estimate of drug-likeness (QED) is 0.895. The van der Waals surface area contributed by atoms with Gasteiger partial charge in [0, 0.05) is 17.3 Å². The number of pyridine rings is 1. The van der Waals surface area contributed by atoms with Gasteiger partial charge in [0.15, 0.2) is 0 Å². The molecule has 1 aromatic heterocycles. The van der Waals surface area contributed by atoms with E-state index in [1.807, 2.05) is 25.1 Å². The number of aromatic nitrogens is 1. The summed E-state index contributed by atoms with van der Waals surface area (Å²) in [5.41, 5.74) is 1.67. The third-order valence-electron chi connectivity index (χ3n) is 2.77. The van der Waals surface area contributed by atoms with Crippen LogP contribution in [0.15, 0.2) is 42.7 Å². The normalized spacial score (nSPS) is 11.9. The van der Waals surface area contributed by atoms with Crippen molar-refractivity contribution in [1.29, 1.82) is 0 Å². The first-order chi connectivity index (χ1) is 9.08. The minimum absolute atomic E-state index is 0.0685. The topological polar surface area (TPSA) is 62.2 Å². The Morgan fingerprint density at radius 1 is 1.42 bits per heavy atom. The van der Waals surface area contributed by atoms with Crippen LogP contribution in [0.3, 0.4) is 0 Å². The van der Waals surface area contributed by atoms with Crippen LogP contribution in [0.4, 0.5) is 5.69 Å². The van der Waals surface area contributed by atoms with E-state index in [0.29, 0.717) is 10.7 Å². The molecule has 98 valence electrons. The molecule has 2 N–H and O–H groups in total. The lowest BCUT2D eigenvalue weighted by Crippen LogP contribution is -2.11. The van der Waals surface area contributed by atoms with Crippen molar-refractivity contribution in [3.63, 3.8) is 0 Å². The second-order valence-corrected chi connectivity index (χ2v) is 4.58. The van der Waals surface area contributed by atoms with E-state index in [9.17, 15) is 4.79 Å². The molecule has 4 nitrogen and oxygen atoms in total. The molecule has 2 aromatic rings. The van der Waals surface area contributed by atoms with Crippen molar-refractivity contribution in [2.75, 3.05) is 5.32 Å². The van der Waals surface area contributed by atoms with Crippen molar-refractivity contribution in [3.05, 3.63) is 58.9 Å². The molecule has 0 radical (unpaired) electrons. The standard InChI is InChI=1S/C14H13ClN2O2/c1-9(10-3-2-4-11(15)7-10)17-13-8-16-6-5-12(13)14(18)19/h2-9,17H,1H3,(H,18,19). The molecular weight excluding hydrogens is 264 g/mol. The van der Waals surface area contributed by atoms with Gasteiger partial charge in [0.05, 0.1) is 17.4 Å². The van der Waals surface area contributed by atoms with Crippen molar-refractivity contribution >= 4 is 23.3 Å². The van der Waals surface area contributed by atoms with Crippen LogP contribution in [0.5, 0.6) is 0 Å². The number of halogens is 1. The highest BCUT2D eigenvalue weighted by Gasteiger charge is 2.12. The Morgan fingerprint density at radius 3 is 2.89 bits per heavy atom. The summed E-state index contributed by atoms with van der Waals surface area (Å²) in [4.78, 5) is 15.0. The molecule has 1 aromatic carbocycles. The van der Waals surface area contributed by atoms with Gasteiger partial charge < -0.3 is 10.4 Å². The molecule has 0 amide bonds. The maximum absolute atomic E-state index is 11.1. The van der Waals surface area contributed by atoms with Crippen LogP contribution >= 0.6 is 11.6 Å². The number of nitrogens with one attached hydrogen (secondary N) is 1. The van der Waals surface area contributed by atoms with Gasteiger partial charge in [-0.3, -0.25) is 4.98 Å². The number of hydrogen-bond donors (Lipinski definition) is 2. The van der Waals surface area contributed by atoms with Gasteiger partial charge in [-0.2, -0.15) is 0 Å². The van der Waals surface area contributed by atoms with Gasteiger partial charge in [0.2, 0.25) is 0 Å². The van der Waals surface area contributed by atoms with Crippen LogP contribution in [-0.2, 0) is 0 Å². The summed E-state index contributed by atoms with van der Waals surface area (Å²) >= 11 is 5.94. The Balaban J connectivity index is 2.24. The summed E-state index contributed by atoms with van der Waals surface area (Å²) in [6, 6.07) is 8.83. The predicted octanol–water partition coefficient (Wildman–Crippen LogP) is 3.61. The second-order valence-electron chi connectivity index (χ2n) is 4.15. The van der Waals surface area contributed by atoms with Gasteiger partial charge in [0.25, 0.3) is 0 Å². The lowest BCUT2D eigenvalue weighted by atomic mass is 10.1. The fourth-order valence-electron chi connectivity index (χ4n) is 1.79. The molecule has 1 heterocycles. The maximum atomic E-state index is 11.1. The largest absolute Gasteiger partial charge is 0.478 e. The van der Waals surface area contributed by atoms with Crippen molar-refractivity contribution in [1.82, 2.24) is 4.98 Å². The molecule has 0 aliphatic heterocycles. The van der Waals surface area contributed by atoms with E-state index in [-0.39, 0.29) is 11.6 Å². The molecule has 0 fully saturated rings. The minimum atomic E-state index is -0.983. The van der Waals surface area contributed by atoms with Crippen LogP contribution < -0.4 is 5.32 Å². The Morgan fingerprint density at radius 2 is 2.21 bits per heavy atom. The Hall–Kier alpha value is -2.07. The summed E-state index contributed by atoms with van der Waals surface area (Å²) < 4.78 is 0. The Labute approximate surface area is 116 Å². The molecule has 1 unspecified atom stereocenters. The van der Waals surface area contributed by atoms with Gasteiger partial charge in [-0.1, -0.05) is 23.7 Å². The van der Waals surface area contributed by atoms with Gasteiger partial charge >= 0.3 is 5.97 Å². The summed E-state index contributed by atoms with van der Waals surface area (Å²) in [7, 11) is 0. The Bertz CT molecular complexity index is 602. The predicted molar refractivity (Wildman–Crippen MR) is 74.7 cm³/mol. The maximum Gasteiger partial charge on any atom is 0.337 e. The van der Waals surface area contributed by atoms with Crippen molar-refractivity contribution < 1.29 is 9.90 Å². The number of nitrogens with zero attached hydrogens (tertiary/aromatic N) is 1.